The van der Waals surface area contributed by atoms with Crippen LogP contribution < -0.4 is 0 Å². The Hall–Kier alpha value is -0.690. The number of ether oxygens (including phenoxy) is 2. The summed E-state index contributed by atoms with van der Waals surface area (Å²) in [6.07, 6.45) is -4.02. The van der Waals surface area contributed by atoms with Gasteiger partial charge in [0.1, 0.15) is 19.0 Å². The number of hydrogen-bond donors (Lipinski definition) is 3. The quantitative estimate of drug-likeness (QED) is 0.470. The van der Waals surface area contributed by atoms with Crippen molar-refractivity contribution in [1.82, 2.24) is 0 Å². The molecule has 3 N–H and O–H groups in total. The number of hydrogen-bond acceptors (Lipinski definition) is 5. The van der Waals surface area contributed by atoms with Crippen LogP contribution in [0.2, 0.25) is 0 Å². The van der Waals surface area contributed by atoms with Crippen molar-refractivity contribution in [1.29, 1.82) is 0 Å². The van der Waals surface area contributed by atoms with Gasteiger partial charge in [0.05, 0.1) is 6.61 Å². The Morgan fingerprint density at radius 1 is 1.50 bits per heavy atom. The average Bonchev–Trinajstić information content (AvgIpc) is 2.53. The molecule has 12 heavy (non-hydrogen) atoms. The molecule has 6 heteroatoms. The van der Waals surface area contributed by atoms with E-state index in [0.29, 0.717) is 0 Å². The first kappa shape index (κ1) is 9.40. The van der Waals surface area contributed by atoms with Crippen molar-refractivity contribution in [3.05, 3.63) is 0 Å². The minimum Gasteiger partial charge on any atom is -0.479 e. The minimum absolute atomic E-state index is 0.0219. The highest BCUT2D eigenvalue weighted by Crippen LogP contribution is 2.10. The van der Waals surface area contributed by atoms with E-state index in [-0.39, 0.29) is 13.4 Å². The second kappa shape index (κ2) is 3.81. The third kappa shape index (κ3) is 1.92. The first-order valence-corrected chi connectivity index (χ1v) is 3.41. The highest BCUT2D eigenvalue weighted by molar-refractivity contribution is 5.72. The molecule has 0 aromatic rings. The fraction of sp³-hybridized carbons (Fsp3) is 0.833. The predicted octanol–water partition coefficient (Wildman–Crippen LogP) is -1.83. The molecule has 1 aliphatic heterocycles. The third-order valence-corrected chi connectivity index (χ3v) is 1.60. The van der Waals surface area contributed by atoms with Gasteiger partial charge in [0.25, 0.3) is 0 Å². The standard InChI is InChI=1S/C6H10O6/c7-4(5(8)6(9)10)3-1-11-2-12-3/h3-5,7-8H,1-2H2,(H,9,10)/t3-,4-,5+/m1/s1. The molecule has 0 amide bonds. The van der Waals surface area contributed by atoms with Crippen LogP contribution in [0.3, 0.4) is 0 Å². The maximum absolute atomic E-state index is 10.2. The molecule has 3 atom stereocenters. The van der Waals surface area contributed by atoms with Crippen LogP contribution in [0.5, 0.6) is 0 Å². The van der Waals surface area contributed by atoms with Gasteiger partial charge in [0.15, 0.2) is 6.10 Å². The lowest BCUT2D eigenvalue weighted by Crippen LogP contribution is -2.43. The van der Waals surface area contributed by atoms with E-state index in [0.717, 1.165) is 0 Å². The monoisotopic (exact) mass is 178 g/mol. The van der Waals surface area contributed by atoms with Crippen LogP contribution in [0.4, 0.5) is 0 Å². The molecule has 1 rings (SSSR count). The summed E-state index contributed by atoms with van der Waals surface area (Å²) < 4.78 is 9.51. The Balaban J connectivity index is 2.44. The molecule has 1 fully saturated rings. The van der Waals surface area contributed by atoms with Gasteiger partial charge in [-0.1, -0.05) is 0 Å². The largest absolute Gasteiger partial charge is 0.479 e. The van der Waals surface area contributed by atoms with Crippen molar-refractivity contribution < 1.29 is 29.6 Å². The molecular formula is C6H10O6. The van der Waals surface area contributed by atoms with Gasteiger partial charge in [-0.2, -0.15) is 0 Å². The Morgan fingerprint density at radius 3 is 2.58 bits per heavy atom. The molecule has 0 saturated carbocycles. The number of carboxylic acid groups (broad SMARTS) is 1. The van der Waals surface area contributed by atoms with E-state index in [9.17, 15) is 4.79 Å². The van der Waals surface area contributed by atoms with Crippen LogP contribution in [-0.4, -0.2) is 53.0 Å². The zero-order chi connectivity index (χ0) is 9.14. The second-order valence-corrected chi connectivity index (χ2v) is 2.47. The molecular weight excluding hydrogens is 168 g/mol. The topological polar surface area (TPSA) is 96.2 Å². The van der Waals surface area contributed by atoms with E-state index in [4.69, 9.17) is 24.8 Å². The summed E-state index contributed by atoms with van der Waals surface area (Å²) in [6, 6.07) is 0. The molecule has 6 nitrogen and oxygen atoms in total. The van der Waals surface area contributed by atoms with Crippen LogP contribution >= 0.6 is 0 Å². The lowest BCUT2D eigenvalue weighted by molar-refractivity contribution is -0.158. The molecule has 0 aromatic heterocycles. The fourth-order valence-corrected chi connectivity index (χ4v) is 0.894. The Morgan fingerprint density at radius 2 is 2.17 bits per heavy atom. The number of aliphatic hydroxyl groups is 2. The van der Waals surface area contributed by atoms with Gasteiger partial charge in [0.2, 0.25) is 0 Å². The van der Waals surface area contributed by atoms with Gasteiger partial charge >= 0.3 is 5.97 Å². The van der Waals surface area contributed by atoms with Crippen molar-refractivity contribution >= 4 is 5.97 Å². The van der Waals surface area contributed by atoms with E-state index < -0.39 is 24.3 Å². The van der Waals surface area contributed by atoms with Crippen molar-refractivity contribution in [2.45, 2.75) is 18.3 Å². The van der Waals surface area contributed by atoms with E-state index in [2.05, 4.69) is 0 Å². The summed E-state index contributed by atoms with van der Waals surface area (Å²) in [5, 5.41) is 26.3. The molecule has 0 radical (unpaired) electrons. The fourth-order valence-electron chi connectivity index (χ4n) is 0.894. The predicted molar refractivity (Wildman–Crippen MR) is 35.3 cm³/mol. The number of carbonyl (C=O) groups is 1. The van der Waals surface area contributed by atoms with Gasteiger partial charge in [-0.15, -0.1) is 0 Å². The molecule has 1 saturated heterocycles. The van der Waals surface area contributed by atoms with Gasteiger partial charge in [0, 0.05) is 0 Å². The van der Waals surface area contributed by atoms with E-state index in [1.165, 1.54) is 0 Å². The van der Waals surface area contributed by atoms with Gasteiger partial charge in [-0.3, -0.25) is 0 Å². The molecule has 1 heterocycles. The maximum Gasteiger partial charge on any atom is 0.335 e. The SMILES string of the molecule is O=C(O)[C@@H](O)[C@H](O)[C@H]1COCO1. The van der Waals surface area contributed by atoms with Crippen LogP contribution in [0.15, 0.2) is 0 Å². The number of carboxylic acids is 1. The van der Waals surface area contributed by atoms with Crippen LogP contribution in [0.25, 0.3) is 0 Å². The van der Waals surface area contributed by atoms with E-state index in [1.54, 1.807) is 0 Å². The van der Waals surface area contributed by atoms with Crippen molar-refractivity contribution in [3.8, 4) is 0 Å². The average molecular weight is 178 g/mol. The summed E-state index contributed by atoms with van der Waals surface area (Å²) in [6.45, 7) is 0.125. The molecule has 0 bridgehead atoms. The first-order chi connectivity index (χ1) is 5.63. The normalized spacial score (nSPS) is 28.3. The van der Waals surface area contributed by atoms with E-state index >= 15 is 0 Å². The first-order valence-electron chi connectivity index (χ1n) is 3.41. The highest BCUT2D eigenvalue weighted by atomic mass is 16.7. The Labute approximate surface area is 68.3 Å². The van der Waals surface area contributed by atoms with Crippen molar-refractivity contribution in [2.75, 3.05) is 13.4 Å². The third-order valence-electron chi connectivity index (χ3n) is 1.60. The summed E-state index contributed by atoms with van der Waals surface area (Å²) in [4.78, 5) is 10.2. The number of rotatable bonds is 3. The smallest absolute Gasteiger partial charge is 0.335 e. The maximum atomic E-state index is 10.2. The highest BCUT2D eigenvalue weighted by Gasteiger charge is 2.34. The zero-order valence-corrected chi connectivity index (χ0v) is 6.21. The lowest BCUT2D eigenvalue weighted by atomic mass is 10.1. The van der Waals surface area contributed by atoms with Crippen LogP contribution in [-0.2, 0) is 14.3 Å². The lowest BCUT2D eigenvalue weighted by Gasteiger charge is -2.18. The van der Waals surface area contributed by atoms with Crippen molar-refractivity contribution in [2.24, 2.45) is 0 Å². The van der Waals surface area contributed by atoms with Gasteiger partial charge in [-0.05, 0) is 0 Å². The Kier molecular flexibility index (Phi) is 2.99. The summed E-state index contributed by atoms with van der Waals surface area (Å²) in [7, 11) is 0. The van der Waals surface area contributed by atoms with Crippen molar-refractivity contribution in [3.63, 3.8) is 0 Å². The number of aliphatic hydroxyl groups excluding tert-OH is 2. The molecule has 0 spiro atoms. The molecule has 1 aliphatic rings. The van der Waals surface area contributed by atoms with Gasteiger partial charge in [-0.25, -0.2) is 4.79 Å². The minimum atomic E-state index is -1.82. The summed E-state index contributed by atoms with van der Waals surface area (Å²) in [5.41, 5.74) is 0. The Bertz CT molecular complexity index is 163. The molecule has 0 aromatic carbocycles. The summed E-state index contributed by atoms with van der Waals surface area (Å²) in [5.74, 6) is -1.47. The summed E-state index contributed by atoms with van der Waals surface area (Å²) >= 11 is 0. The van der Waals surface area contributed by atoms with E-state index in [1.807, 2.05) is 0 Å². The second-order valence-electron chi connectivity index (χ2n) is 2.47. The molecule has 70 valence electrons. The molecule has 0 aliphatic carbocycles. The van der Waals surface area contributed by atoms with Crippen LogP contribution in [0.1, 0.15) is 0 Å². The number of aliphatic carboxylic acids is 1. The zero-order valence-electron chi connectivity index (χ0n) is 6.21. The molecule has 0 unspecified atom stereocenters. The van der Waals surface area contributed by atoms with Gasteiger partial charge < -0.3 is 24.8 Å². The van der Waals surface area contributed by atoms with Crippen LogP contribution in [0, 0.1) is 0 Å².